The predicted molar refractivity (Wildman–Crippen MR) is 286 cm³/mol. The van der Waals surface area contributed by atoms with Crippen LogP contribution in [0.25, 0.3) is 0 Å². The van der Waals surface area contributed by atoms with Crippen molar-refractivity contribution in [3.63, 3.8) is 0 Å². The maximum atomic E-state index is 13.1. The molecular weight excluding hydrogens is 919 g/mol. The normalized spacial score (nSPS) is 25.9. The van der Waals surface area contributed by atoms with Gasteiger partial charge < -0.3 is 65.1 Å². The van der Waals surface area contributed by atoms with Crippen molar-refractivity contribution >= 4 is 5.91 Å². The van der Waals surface area contributed by atoms with Gasteiger partial charge in [0.1, 0.15) is 48.8 Å². The molecule has 72 heavy (non-hydrogen) atoms. The van der Waals surface area contributed by atoms with E-state index in [2.05, 4.69) is 67.8 Å². The summed E-state index contributed by atoms with van der Waals surface area (Å²) < 4.78 is 22.6. The summed E-state index contributed by atoms with van der Waals surface area (Å²) in [7, 11) is 0. The second-order valence-corrected chi connectivity index (χ2v) is 20.4. The van der Waals surface area contributed by atoms with Gasteiger partial charge in [0.15, 0.2) is 12.6 Å². The fraction of sp³-hybridized carbons (Fsp3) is 0.845. The first-order valence-electron chi connectivity index (χ1n) is 28.9. The molecule has 1 amide bonds. The number of rotatable bonds is 45. The number of nitrogens with one attached hydrogen (secondary N) is 1. The molecule has 2 aliphatic heterocycles. The molecule has 0 saturated carbocycles. The summed E-state index contributed by atoms with van der Waals surface area (Å²) in [5.41, 5.74) is 0. The van der Waals surface area contributed by atoms with Gasteiger partial charge in [-0.1, -0.05) is 210 Å². The summed E-state index contributed by atoms with van der Waals surface area (Å²) in [5.74, 6) is -0.213. The molecule has 14 heteroatoms. The van der Waals surface area contributed by atoms with Gasteiger partial charge in [-0.05, 0) is 51.4 Å². The van der Waals surface area contributed by atoms with Crippen LogP contribution >= 0.6 is 0 Å². The summed E-state index contributed by atoms with van der Waals surface area (Å²) in [6.45, 7) is 2.64. The molecule has 12 atom stereocenters. The zero-order valence-electron chi connectivity index (χ0n) is 44.9. The number of amides is 1. The number of unbranched alkanes of at least 4 members (excludes halogenated alkanes) is 24. The van der Waals surface area contributed by atoms with E-state index >= 15 is 0 Å². The van der Waals surface area contributed by atoms with E-state index in [0.717, 1.165) is 83.5 Å². The van der Waals surface area contributed by atoms with Gasteiger partial charge >= 0.3 is 0 Å². The van der Waals surface area contributed by atoms with Gasteiger partial charge in [0.2, 0.25) is 5.91 Å². The molecule has 2 rings (SSSR count). The van der Waals surface area contributed by atoms with Crippen molar-refractivity contribution in [2.24, 2.45) is 0 Å². The summed E-state index contributed by atoms with van der Waals surface area (Å²) in [4.78, 5) is 13.1. The Morgan fingerprint density at radius 1 is 0.514 bits per heavy atom. The second-order valence-electron chi connectivity index (χ2n) is 20.4. The van der Waals surface area contributed by atoms with Crippen molar-refractivity contribution in [1.82, 2.24) is 5.32 Å². The summed E-state index contributed by atoms with van der Waals surface area (Å²) in [6, 6.07) is -0.823. The molecule has 0 aromatic heterocycles. The van der Waals surface area contributed by atoms with Gasteiger partial charge in [-0.15, -0.1) is 0 Å². The summed E-state index contributed by atoms with van der Waals surface area (Å²) in [6.07, 6.45) is 37.8. The van der Waals surface area contributed by atoms with Crippen LogP contribution in [0.5, 0.6) is 0 Å². The van der Waals surface area contributed by atoms with E-state index in [9.17, 15) is 45.6 Å². The average Bonchev–Trinajstić information content (AvgIpc) is 3.38. The van der Waals surface area contributed by atoms with Crippen molar-refractivity contribution < 1.29 is 64.6 Å². The largest absolute Gasteiger partial charge is 0.394 e. The molecule has 0 radical (unpaired) electrons. The Kier molecular flexibility index (Phi) is 40.5. The summed E-state index contributed by atoms with van der Waals surface area (Å²) in [5, 5.41) is 86.5. The van der Waals surface area contributed by atoms with Crippen molar-refractivity contribution in [3.05, 3.63) is 48.6 Å². The highest BCUT2D eigenvalue weighted by Gasteiger charge is 2.51. The Bertz CT molecular complexity index is 1390. The van der Waals surface area contributed by atoms with Gasteiger partial charge in [-0.3, -0.25) is 4.79 Å². The predicted octanol–water partition coefficient (Wildman–Crippen LogP) is 9.22. The lowest BCUT2D eigenvalue weighted by Crippen LogP contribution is -2.65. The van der Waals surface area contributed by atoms with Crippen LogP contribution in [-0.2, 0) is 23.7 Å². The number of ether oxygens (including phenoxy) is 4. The van der Waals surface area contributed by atoms with E-state index in [1.54, 1.807) is 0 Å². The molecule has 2 fully saturated rings. The molecule has 2 heterocycles. The van der Waals surface area contributed by atoms with Gasteiger partial charge in [-0.25, -0.2) is 0 Å². The Hall–Kier alpha value is -2.05. The van der Waals surface area contributed by atoms with Crippen LogP contribution in [0.2, 0.25) is 0 Å². The number of carbonyl (C=O) groups excluding carboxylic acids is 1. The minimum atomic E-state index is -1.78. The van der Waals surface area contributed by atoms with Crippen molar-refractivity contribution in [3.8, 4) is 0 Å². The molecule has 420 valence electrons. The minimum Gasteiger partial charge on any atom is -0.394 e. The third-order valence-electron chi connectivity index (χ3n) is 14.1. The standard InChI is InChI=1S/C58H105NO13/c1-3-5-7-9-10-11-12-13-14-15-16-17-18-19-20-21-22-23-24-25-26-27-28-29-30-31-32-33-34-35-36-38-40-42-50(63)59-46(47(62)41-39-37-8-6-4-2)45-69-57-55(68)53(66)56(49(44-61)71-57)72-58-54(67)52(65)51(64)48(43-60)70-58/h5,7,10-11,13-14,16-17,46-49,51-58,60-62,64-68H,3-4,6,8-9,12,15,18-45H2,1-2H3,(H,59,63)/b7-5-,11-10-,14-13-,17-16-. The Labute approximate surface area is 435 Å². The number of carbonyl (C=O) groups is 1. The minimum absolute atomic E-state index is 0.213. The molecule has 2 aliphatic rings. The van der Waals surface area contributed by atoms with Crippen LogP contribution in [0.1, 0.15) is 219 Å². The first-order valence-corrected chi connectivity index (χ1v) is 28.9. The Balaban J connectivity index is 1.53. The Morgan fingerprint density at radius 3 is 1.47 bits per heavy atom. The molecule has 9 N–H and O–H groups in total. The van der Waals surface area contributed by atoms with Crippen molar-refractivity contribution in [2.45, 2.75) is 293 Å². The van der Waals surface area contributed by atoms with E-state index in [-0.39, 0.29) is 12.5 Å². The first-order chi connectivity index (χ1) is 35.1. The summed E-state index contributed by atoms with van der Waals surface area (Å²) >= 11 is 0. The van der Waals surface area contributed by atoms with E-state index in [4.69, 9.17) is 18.9 Å². The zero-order chi connectivity index (χ0) is 52.4. The first kappa shape index (κ1) is 66.1. The fourth-order valence-electron chi connectivity index (χ4n) is 9.40. The number of aliphatic hydroxyl groups is 8. The third-order valence-corrected chi connectivity index (χ3v) is 14.1. The topological polar surface area (TPSA) is 228 Å². The maximum Gasteiger partial charge on any atom is 0.220 e. The van der Waals surface area contributed by atoms with Gasteiger partial charge in [-0.2, -0.15) is 0 Å². The molecule has 14 nitrogen and oxygen atoms in total. The SMILES string of the molecule is CC/C=C\C/C=C\C/C=C\C/C=C\CCCCCCCCCCCCCCCCCCCCCCC(=O)NC(COC1OC(CO)C(OC2OC(CO)C(O)C(O)C2O)C(O)C1O)C(O)CCCCCCC. The van der Waals surface area contributed by atoms with Gasteiger partial charge in [0.05, 0.1) is 32.0 Å². The highest BCUT2D eigenvalue weighted by Crippen LogP contribution is 2.30. The maximum absolute atomic E-state index is 13.1. The lowest BCUT2D eigenvalue weighted by Gasteiger charge is -2.46. The highest BCUT2D eigenvalue weighted by molar-refractivity contribution is 5.76. The number of allylic oxidation sites excluding steroid dienone is 8. The molecule has 2 saturated heterocycles. The van der Waals surface area contributed by atoms with Crippen LogP contribution in [0, 0.1) is 0 Å². The van der Waals surface area contributed by atoms with Crippen LogP contribution < -0.4 is 5.32 Å². The molecule has 0 aliphatic carbocycles. The third kappa shape index (κ3) is 29.9. The fourth-order valence-corrected chi connectivity index (χ4v) is 9.40. The lowest BCUT2D eigenvalue weighted by atomic mass is 9.97. The van der Waals surface area contributed by atoms with Crippen LogP contribution in [0.3, 0.4) is 0 Å². The van der Waals surface area contributed by atoms with Gasteiger partial charge in [0, 0.05) is 6.42 Å². The van der Waals surface area contributed by atoms with Gasteiger partial charge in [0.25, 0.3) is 0 Å². The molecule has 0 aromatic carbocycles. The van der Waals surface area contributed by atoms with E-state index in [1.165, 1.54) is 109 Å². The van der Waals surface area contributed by atoms with Crippen molar-refractivity contribution in [1.29, 1.82) is 0 Å². The smallest absolute Gasteiger partial charge is 0.220 e. The number of hydrogen-bond donors (Lipinski definition) is 9. The monoisotopic (exact) mass is 1020 g/mol. The number of aliphatic hydroxyl groups excluding tert-OH is 8. The average molecular weight is 1020 g/mol. The highest BCUT2D eigenvalue weighted by atomic mass is 16.7. The van der Waals surface area contributed by atoms with E-state index < -0.39 is 86.8 Å². The lowest BCUT2D eigenvalue weighted by molar-refractivity contribution is -0.359. The van der Waals surface area contributed by atoms with Crippen molar-refractivity contribution in [2.75, 3.05) is 19.8 Å². The molecule has 0 bridgehead atoms. The second kappa shape index (κ2) is 44.1. The molecule has 0 aromatic rings. The molecule has 12 unspecified atom stereocenters. The molecular formula is C58H105NO13. The van der Waals surface area contributed by atoms with E-state index in [0.29, 0.717) is 12.8 Å². The van der Waals surface area contributed by atoms with Crippen LogP contribution in [0.15, 0.2) is 48.6 Å². The number of hydrogen-bond acceptors (Lipinski definition) is 13. The molecule has 0 spiro atoms. The van der Waals surface area contributed by atoms with Crippen LogP contribution in [-0.4, -0.2) is 140 Å². The quantitative estimate of drug-likeness (QED) is 0.0205. The van der Waals surface area contributed by atoms with Crippen LogP contribution in [0.4, 0.5) is 0 Å². The Morgan fingerprint density at radius 2 is 0.958 bits per heavy atom. The zero-order valence-corrected chi connectivity index (χ0v) is 44.9. The van der Waals surface area contributed by atoms with E-state index in [1.807, 2.05) is 0 Å².